The molecule has 0 aliphatic rings. The highest BCUT2D eigenvalue weighted by Crippen LogP contribution is 2.03. The highest BCUT2D eigenvalue weighted by atomic mass is 16.5. The van der Waals surface area contributed by atoms with Gasteiger partial charge in [-0.05, 0) is 26.7 Å². The van der Waals surface area contributed by atoms with E-state index in [4.69, 9.17) is 14.6 Å². The third-order valence-corrected chi connectivity index (χ3v) is 2.66. The van der Waals surface area contributed by atoms with Gasteiger partial charge in [-0.25, -0.2) is 4.79 Å². The molecule has 19 heavy (non-hydrogen) atoms. The monoisotopic (exact) mass is 273 g/mol. The number of carboxylic acids is 1. The summed E-state index contributed by atoms with van der Waals surface area (Å²) in [6.07, 6.45) is 1.63. The van der Waals surface area contributed by atoms with Gasteiger partial charge < -0.3 is 19.9 Å². The lowest BCUT2D eigenvalue weighted by Crippen LogP contribution is -2.26. The number of carbonyl (C=O) groups is 2. The number of hydrogen-bond donors (Lipinski definition) is 2. The largest absolute Gasteiger partial charge is 0.478 e. The minimum atomic E-state index is -1.07. The Morgan fingerprint density at radius 3 is 2.32 bits per heavy atom. The Morgan fingerprint density at radius 2 is 1.74 bits per heavy atom. The molecule has 6 nitrogen and oxygen atoms in total. The van der Waals surface area contributed by atoms with Crippen LogP contribution >= 0.6 is 0 Å². The maximum Gasteiger partial charge on any atom is 0.331 e. The number of methoxy groups -OCH3 is 1. The molecule has 0 aromatic rings. The van der Waals surface area contributed by atoms with E-state index in [0.717, 1.165) is 12.8 Å². The van der Waals surface area contributed by atoms with Crippen LogP contribution in [0.5, 0.6) is 0 Å². The van der Waals surface area contributed by atoms with Crippen LogP contribution in [0.3, 0.4) is 0 Å². The summed E-state index contributed by atoms with van der Waals surface area (Å²) < 4.78 is 10.1. The number of amides is 1. The van der Waals surface area contributed by atoms with E-state index in [0.29, 0.717) is 26.4 Å². The SMILES string of the molecule is COCCOCCCCNC(=O)C(C)=C(C)C(=O)O. The van der Waals surface area contributed by atoms with E-state index in [1.807, 2.05) is 0 Å². The zero-order chi connectivity index (χ0) is 14.7. The van der Waals surface area contributed by atoms with E-state index in [1.165, 1.54) is 13.8 Å². The van der Waals surface area contributed by atoms with Crippen molar-refractivity contribution in [2.24, 2.45) is 0 Å². The Balaban J connectivity index is 3.70. The fourth-order valence-electron chi connectivity index (χ4n) is 1.24. The number of rotatable bonds is 10. The Kier molecular flexibility index (Phi) is 9.74. The fraction of sp³-hybridized carbons (Fsp3) is 0.692. The highest BCUT2D eigenvalue weighted by Gasteiger charge is 2.11. The van der Waals surface area contributed by atoms with Crippen molar-refractivity contribution in [2.75, 3.05) is 33.5 Å². The zero-order valence-electron chi connectivity index (χ0n) is 11.8. The van der Waals surface area contributed by atoms with Crippen LogP contribution in [0.4, 0.5) is 0 Å². The van der Waals surface area contributed by atoms with Crippen LogP contribution in [0.15, 0.2) is 11.1 Å². The second-order valence-corrected chi connectivity index (χ2v) is 4.12. The number of ether oxygens (including phenoxy) is 2. The number of carbonyl (C=O) groups excluding carboxylic acids is 1. The number of unbranched alkanes of at least 4 members (excludes halogenated alkanes) is 1. The van der Waals surface area contributed by atoms with Crippen molar-refractivity contribution < 1.29 is 24.2 Å². The van der Waals surface area contributed by atoms with Gasteiger partial charge in [0.25, 0.3) is 0 Å². The average molecular weight is 273 g/mol. The Bertz CT molecular complexity index is 325. The summed E-state index contributed by atoms with van der Waals surface area (Å²) in [4.78, 5) is 22.3. The fourth-order valence-corrected chi connectivity index (χ4v) is 1.24. The second kappa shape index (κ2) is 10.5. The van der Waals surface area contributed by atoms with Crippen molar-refractivity contribution in [1.29, 1.82) is 0 Å². The molecule has 0 heterocycles. The maximum absolute atomic E-state index is 11.6. The first-order valence-electron chi connectivity index (χ1n) is 6.26. The van der Waals surface area contributed by atoms with Crippen molar-refractivity contribution in [3.05, 3.63) is 11.1 Å². The standard InChI is InChI=1S/C13H23NO5/c1-10(11(2)13(16)17)12(15)14-6-4-5-7-19-9-8-18-3/h4-9H2,1-3H3,(H,14,15)(H,16,17). The number of carboxylic acid groups (broad SMARTS) is 1. The van der Waals surface area contributed by atoms with Crippen molar-refractivity contribution in [1.82, 2.24) is 5.32 Å². The minimum Gasteiger partial charge on any atom is -0.478 e. The van der Waals surface area contributed by atoms with Gasteiger partial charge in [-0.1, -0.05) is 0 Å². The van der Waals surface area contributed by atoms with E-state index >= 15 is 0 Å². The quantitative estimate of drug-likeness (QED) is 0.457. The summed E-state index contributed by atoms with van der Waals surface area (Å²) in [5.74, 6) is -1.40. The molecule has 0 spiro atoms. The lowest BCUT2D eigenvalue weighted by molar-refractivity contribution is -0.133. The van der Waals surface area contributed by atoms with Crippen molar-refractivity contribution in [2.45, 2.75) is 26.7 Å². The molecular formula is C13H23NO5. The van der Waals surface area contributed by atoms with Crippen molar-refractivity contribution in [3.63, 3.8) is 0 Å². The predicted octanol–water partition coefficient (Wildman–Crippen LogP) is 0.967. The summed E-state index contributed by atoms with van der Waals surface area (Å²) in [6.45, 7) is 5.21. The van der Waals surface area contributed by atoms with Gasteiger partial charge in [-0.2, -0.15) is 0 Å². The van der Waals surface area contributed by atoms with E-state index in [-0.39, 0.29) is 17.1 Å². The molecule has 0 bridgehead atoms. The Morgan fingerprint density at radius 1 is 1.05 bits per heavy atom. The van der Waals surface area contributed by atoms with Crippen molar-refractivity contribution in [3.8, 4) is 0 Å². The minimum absolute atomic E-state index is 0.0698. The number of hydrogen-bond acceptors (Lipinski definition) is 4. The molecule has 0 saturated heterocycles. The molecule has 0 aromatic carbocycles. The van der Waals surface area contributed by atoms with E-state index in [9.17, 15) is 9.59 Å². The molecule has 0 atom stereocenters. The topological polar surface area (TPSA) is 84.9 Å². The molecule has 0 radical (unpaired) electrons. The third-order valence-electron chi connectivity index (χ3n) is 2.66. The molecular weight excluding hydrogens is 250 g/mol. The summed E-state index contributed by atoms with van der Waals surface area (Å²) in [5.41, 5.74) is 0.309. The first-order chi connectivity index (χ1) is 9.00. The van der Waals surface area contributed by atoms with Gasteiger partial charge >= 0.3 is 5.97 Å². The molecule has 0 aliphatic heterocycles. The zero-order valence-corrected chi connectivity index (χ0v) is 11.8. The third kappa shape index (κ3) is 8.34. The number of aliphatic carboxylic acids is 1. The summed E-state index contributed by atoms with van der Waals surface area (Å²) in [7, 11) is 1.62. The lowest BCUT2D eigenvalue weighted by atomic mass is 10.1. The summed E-state index contributed by atoms with van der Waals surface area (Å²) in [5, 5.41) is 11.4. The van der Waals surface area contributed by atoms with Crippen LogP contribution in [0, 0.1) is 0 Å². The highest BCUT2D eigenvalue weighted by molar-refractivity contribution is 6.01. The van der Waals surface area contributed by atoms with Gasteiger partial charge in [0, 0.05) is 31.4 Å². The summed E-state index contributed by atoms with van der Waals surface area (Å²) in [6, 6.07) is 0. The smallest absolute Gasteiger partial charge is 0.331 e. The van der Waals surface area contributed by atoms with Crippen LogP contribution in [0.1, 0.15) is 26.7 Å². The van der Waals surface area contributed by atoms with Gasteiger partial charge in [0.05, 0.1) is 13.2 Å². The molecule has 0 rings (SSSR count). The average Bonchev–Trinajstić information content (AvgIpc) is 2.39. The van der Waals surface area contributed by atoms with Crippen LogP contribution in [-0.2, 0) is 19.1 Å². The lowest BCUT2D eigenvalue weighted by Gasteiger charge is -2.07. The van der Waals surface area contributed by atoms with E-state index in [1.54, 1.807) is 7.11 Å². The first-order valence-corrected chi connectivity index (χ1v) is 6.26. The molecule has 0 aromatic heterocycles. The van der Waals surface area contributed by atoms with Crippen LogP contribution in [0.25, 0.3) is 0 Å². The molecule has 0 aliphatic carbocycles. The number of nitrogens with one attached hydrogen (secondary N) is 1. The molecule has 6 heteroatoms. The molecule has 2 N–H and O–H groups in total. The van der Waals surface area contributed by atoms with Crippen molar-refractivity contribution >= 4 is 11.9 Å². The normalized spacial score (nSPS) is 11.9. The van der Waals surface area contributed by atoms with Gasteiger partial charge in [0.15, 0.2) is 0 Å². The molecule has 1 amide bonds. The molecule has 110 valence electrons. The van der Waals surface area contributed by atoms with Crippen LogP contribution in [-0.4, -0.2) is 50.5 Å². The molecule has 0 saturated carbocycles. The van der Waals surface area contributed by atoms with Gasteiger partial charge in [-0.15, -0.1) is 0 Å². The maximum atomic E-state index is 11.6. The molecule has 0 fully saturated rings. The first kappa shape index (κ1) is 17.6. The van der Waals surface area contributed by atoms with E-state index < -0.39 is 5.97 Å². The van der Waals surface area contributed by atoms with Crippen LogP contribution < -0.4 is 5.32 Å². The summed E-state index contributed by atoms with van der Waals surface area (Å²) >= 11 is 0. The second-order valence-electron chi connectivity index (χ2n) is 4.12. The van der Waals surface area contributed by atoms with Gasteiger partial charge in [0.2, 0.25) is 5.91 Å². The molecule has 0 unspecified atom stereocenters. The van der Waals surface area contributed by atoms with E-state index in [2.05, 4.69) is 5.32 Å². The Labute approximate surface area is 113 Å². The van der Waals surface area contributed by atoms with Crippen LogP contribution in [0.2, 0.25) is 0 Å². The van der Waals surface area contributed by atoms with Gasteiger partial charge in [0.1, 0.15) is 0 Å². The predicted molar refractivity (Wildman–Crippen MR) is 70.9 cm³/mol. The van der Waals surface area contributed by atoms with Gasteiger partial charge in [-0.3, -0.25) is 4.79 Å². The Hall–Kier alpha value is -1.40.